The Morgan fingerprint density at radius 3 is 1.15 bits per heavy atom. The number of aromatic nitrogens is 9. The van der Waals surface area contributed by atoms with Gasteiger partial charge < -0.3 is 81.0 Å². The molecule has 0 bridgehead atoms. The van der Waals surface area contributed by atoms with Gasteiger partial charge in [0, 0.05) is 117 Å². The van der Waals surface area contributed by atoms with Gasteiger partial charge in [0.1, 0.15) is 69.1 Å². The van der Waals surface area contributed by atoms with E-state index in [-0.39, 0.29) is 59.0 Å². The van der Waals surface area contributed by atoms with Gasteiger partial charge in [0.25, 0.3) is 0 Å². The van der Waals surface area contributed by atoms with Gasteiger partial charge in [0.15, 0.2) is 16.7 Å². The minimum Gasteiger partial charge on any atom is -0.444 e. The second kappa shape index (κ2) is 39.9. The molecule has 12 rings (SSSR count). The minimum absolute atomic E-state index is 0.151. The van der Waals surface area contributed by atoms with E-state index in [1.54, 1.807) is 171 Å². The highest BCUT2D eigenvalue weighted by molar-refractivity contribution is 6.01. The molecule has 6 heterocycles. The first-order valence-corrected chi connectivity index (χ1v) is 37.8. The third kappa shape index (κ3) is 24.0. The number of fused-ring (bicyclic) bond motifs is 3. The molecular formula is C83H95F3N22O9. The average molecular weight is 1600 g/mol. The number of oxazole rings is 3. The molecule has 5 amide bonds. The monoisotopic (exact) mass is 1600 g/mol. The van der Waals surface area contributed by atoms with Gasteiger partial charge >= 0.3 is 6.09 Å². The molecule has 612 valence electrons. The topological polar surface area (TPSA) is 380 Å². The molecule has 34 heteroatoms. The zero-order valence-electron chi connectivity index (χ0n) is 67.4. The van der Waals surface area contributed by atoms with Gasteiger partial charge in [0.05, 0.1) is 22.7 Å². The van der Waals surface area contributed by atoms with Gasteiger partial charge in [0.2, 0.25) is 59.1 Å². The normalized spacial score (nSPS) is 12.0. The van der Waals surface area contributed by atoms with Crippen LogP contribution in [0.1, 0.15) is 81.6 Å². The summed E-state index contributed by atoms with van der Waals surface area (Å²) >= 11 is 0. The number of benzene rings is 6. The van der Waals surface area contributed by atoms with Gasteiger partial charge in [-0.25, -0.2) is 47.9 Å². The first kappa shape index (κ1) is 85.8. The predicted octanol–water partition coefficient (Wildman–Crippen LogP) is 15.6. The first-order valence-electron chi connectivity index (χ1n) is 37.8. The van der Waals surface area contributed by atoms with E-state index in [1.165, 1.54) is 59.3 Å². The van der Waals surface area contributed by atoms with E-state index in [9.17, 15) is 37.1 Å². The number of hydrogen-bond donors (Lipinski definition) is 10. The SMILES string of the molecule is CCCNc1nc(Nc2cccc(F)c2)ncc1-c1nc2ccc(NC(=O)[C@H](C)N(C)C(=O)/C=C/CN(C)C)cc2o1.CCCNc1nc(Nc2cccc(F)c2)ncc1-c1nc2ccc(NC(=O)[C@H](C)N(C)C(=O)OC(C)(C)C)cc2o1.CCCNc1nc(Nc2cccc(F)c2)ncc1-c1nc2ccc(NC(=O)[C@H](C)NC)cc2o1. The highest BCUT2D eigenvalue weighted by atomic mass is 19.1. The van der Waals surface area contributed by atoms with Crippen molar-refractivity contribution in [3.8, 4) is 34.4 Å². The van der Waals surface area contributed by atoms with Crippen molar-refractivity contribution >= 4 is 132 Å². The molecule has 10 N–H and O–H groups in total. The lowest BCUT2D eigenvalue weighted by atomic mass is 10.2. The van der Waals surface area contributed by atoms with Gasteiger partial charge in [-0.2, -0.15) is 15.0 Å². The zero-order chi connectivity index (χ0) is 84.0. The molecule has 0 spiro atoms. The number of rotatable bonds is 30. The van der Waals surface area contributed by atoms with Gasteiger partial charge in [-0.05, 0) is 173 Å². The summed E-state index contributed by atoms with van der Waals surface area (Å²) in [4.78, 5) is 108. The van der Waals surface area contributed by atoms with Crippen molar-refractivity contribution in [2.24, 2.45) is 0 Å². The Hall–Kier alpha value is -13.6. The zero-order valence-corrected chi connectivity index (χ0v) is 67.4. The molecule has 0 unspecified atom stereocenters. The molecule has 0 radical (unpaired) electrons. The maximum absolute atomic E-state index is 13.6. The van der Waals surface area contributed by atoms with Crippen molar-refractivity contribution < 1.29 is 55.1 Å². The molecule has 3 atom stereocenters. The van der Waals surface area contributed by atoms with Crippen molar-refractivity contribution in [3.63, 3.8) is 0 Å². The van der Waals surface area contributed by atoms with Crippen LogP contribution in [-0.2, 0) is 23.9 Å². The van der Waals surface area contributed by atoms with Crippen LogP contribution in [0.4, 0.5) is 87.4 Å². The maximum atomic E-state index is 13.6. The summed E-state index contributed by atoms with van der Waals surface area (Å²) in [5.74, 6) is 1.12. The fraction of sp³-hybridized carbons (Fsp3) is 0.301. The lowest BCUT2D eigenvalue weighted by molar-refractivity contribution is -0.132. The summed E-state index contributed by atoms with van der Waals surface area (Å²) in [6.45, 7) is 19.1. The van der Waals surface area contributed by atoms with Crippen LogP contribution in [-0.4, -0.2) is 174 Å². The molecule has 6 aromatic carbocycles. The number of nitrogens with one attached hydrogen (secondary N) is 10. The molecule has 6 aromatic heterocycles. The largest absolute Gasteiger partial charge is 0.444 e. The molecule has 117 heavy (non-hydrogen) atoms. The quantitative estimate of drug-likeness (QED) is 0.0187. The molecule has 0 aliphatic carbocycles. The van der Waals surface area contributed by atoms with Gasteiger partial charge in [-0.3, -0.25) is 24.1 Å². The van der Waals surface area contributed by atoms with E-state index >= 15 is 0 Å². The molecule has 12 aromatic rings. The van der Waals surface area contributed by atoms with E-state index in [0.717, 1.165) is 19.3 Å². The van der Waals surface area contributed by atoms with E-state index in [4.69, 9.17) is 18.0 Å². The van der Waals surface area contributed by atoms with E-state index in [0.29, 0.717) is 145 Å². The Balaban J connectivity index is 0.000000186. The third-order valence-electron chi connectivity index (χ3n) is 17.4. The van der Waals surface area contributed by atoms with E-state index < -0.39 is 29.7 Å². The Kier molecular flexibility index (Phi) is 29.3. The second-order valence-corrected chi connectivity index (χ2v) is 28.2. The highest BCUT2D eigenvalue weighted by Gasteiger charge is 2.29. The highest BCUT2D eigenvalue weighted by Crippen LogP contribution is 2.36. The standard InChI is InChI=1S/C30H35FN8O3.C29H34FN7O4.C24H26FN7O2/c1-6-14-32-27-23(18-33-30(37-27)35-21-10-7-9-20(31)16-21)29-36-24-13-12-22(17-25(24)42-29)34-28(41)19(2)39(5)26(40)11-8-15-38(3)4;1-7-13-31-24-21(16-32-27(36-24)34-19-10-8-9-18(30)14-19)26-35-22-12-11-20(15-23(22)40-26)33-25(38)17(2)37(6)28(39)41-29(3,4)5;1-4-10-27-21-18(13-28-24(32-21)30-16-7-5-6-15(25)11-16)23-31-19-9-8-17(12-20(19)34-23)29-22(33)14(2)26-3/h7-13,16-19H,6,14-15H2,1-5H3,(H,34,41)(H2,32,33,35,37);8-12,14-17H,7,13H2,1-6H3,(H,33,38)(H2,31,32,34,36);5-9,11-14,26H,4,10H2,1-3H3,(H,29,33)(H2,27,28,30,32)/b11-8+;;/t19-;17-;14-/m000/s1. The summed E-state index contributed by atoms with van der Waals surface area (Å²) in [7, 11) is 8.63. The van der Waals surface area contributed by atoms with Crippen molar-refractivity contribution in [2.45, 2.75) is 105 Å². The number of carbonyl (C=O) groups is 5. The van der Waals surface area contributed by atoms with Gasteiger partial charge in [-0.1, -0.05) is 45.0 Å². The van der Waals surface area contributed by atoms with Crippen LogP contribution in [0, 0.1) is 17.5 Å². The fourth-order valence-electron chi connectivity index (χ4n) is 10.8. The summed E-state index contributed by atoms with van der Waals surface area (Å²) in [6, 6.07) is 31.8. The first-order chi connectivity index (χ1) is 56.0. The maximum Gasteiger partial charge on any atom is 0.410 e. The summed E-state index contributed by atoms with van der Waals surface area (Å²) in [5, 5.41) is 30.2. The molecular weight excluding hydrogens is 1510 g/mol. The number of nitrogens with zero attached hydrogens (tertiary/aromatic N) is 12. The van der Waals surface area contributed by atoms with E-state index in [2.05, 4.69) is 98.0 Å². The lowest BCUT2D eigenvalue weighted by Crippen LogP contribution is -2.45. The van der Waals surface area contributed by atoms with Crippen LogP contribution in [0.2, 0.25) is 0 Å². The second-order valence-electron chi connectivity index (χ2n) is 28.2. The van der Waals surface area contributed by atoms with Crippen LogP contribution in [0.5, 0.6) is 0 Å². The fourth-order valence-corrected chi connectivity index (χ4v) is 10.8. The minimum atomic E-state index is -0.783. The molecule has 0 fully saturated rings. The smallest absolute Gasteiger partial charge is 0.410 e. The molecule has 0 saturated heterocycles. The summed E-state index contributed by atoms with van der Waals surface area (Å²) in [5.41, 5.74) is 7.36. The molecule has 0 saturated carbocycles. The number of ether oxygens (including phenoxy) is 1. The van der Waals surface area contributed by atoms with Crippen molar-refractivity contribution in [2.75, 3.05) is 109 Å². The number of carbonyl (C=O) groups excluding carboxylic acids is 5. The number of amides is 5. The van der Waals surface area contributed by atoms with Crippen LogP contribution in [0.3, 0.4) is 0 Å². The van der Waals surface area contributed by atoms with Crippen molar-refractivity contribution in [1.82, 2.24) is 64.9 Å². The molecule has 0 aliphatic heterocycles. The van der Waals surface area contributed by atoms with Crippen molar-refractivity contribution in [1.29, 1.82) is 0 Å². The Labute approximate surface area is 673 Å². The van der Waals surface area contributed by atoms with Crippen LogP contribution < -0.4 is 53.2 Å². The number of hydrogen-bond acceptors (Lipinski definition) is 26. The Morgan fingerprint density at radius 2 is 0.821 bits per heavy atom. The van der Waals surface area contributed by atoms with Crippen LogP contribution in [0.15, 0.2) is 171 Å². The summed E-state index contributed by atoms with van der Waals surface area (Å²) in [6.07, 6.45) is 9.99. The molecule has 0 aliphatic rings. The average Bonchev–Trinajstić information content (AvgIpc) is 1.67. The number of likely N-dealkylation sites (N-methyl/N-ethyl adjacent to an activating group) is 4. The van der Waals surface area contributed by atoms with Crippen LogP contribution >= 0.6 is 0 Å². The van der Waals surface area contributed by atoms with Crippen LogP contribution in [0.25, 0.3) is 67.7 Å². The molecule has 31 nitrogen and oxygen atoms in total. The predicted molar refractivity (Wildman–Crippen MR) is 448 cm³/mol. The lowest BCUT2D eigenvalue weighted by Gasteiger charge is -2.28. The Morgan fingerprint density at radius 1 is 0.470 bits per heavy atom. The Bertz CT molecular complexity index is 5500. The summed E-state index contributed by atoms with van der Waals surface area (Å²) < 4.78 is 64.2. The van der Waals surface area contributed by atoms with E-state index in [1.807, 2.05) is 39.8 Å². The van der Waals surface area contributed by atoms with Crippen molar-refractivity contribution in [3.05, 3.63) is 176 Å². The van der Waals surface area contributed by atoms with Gasteiger partial charge in [-0.15, -0.1) is 0 Å². The number of halogens is 3. The number of anilines is 12. The third-order valence-corrected chi connectivity index (χ3v) is 17.4.